The summed E-state index contributed by atoms with van der Waals surface area (Å²) in [5.41, 5.74) is 0.533. The minimum atomic E-state index is -0.990. The summed E-state index contributed by atoms with van der Waals surface area (Å²) in [6.45, 7) is 6.30. The third kappa shape index (κ3) is 3.54. The van der Waals surface area contributed by atoms with Crippen LogP contribution in [0.5, 0.6) is 11.5 Å². The standard InChI is InChI=1S/C22H20ClF2NO4/c1-5-10(2)14-9-17-18(19(25)20(14)28)21(30-12(4)27)11(3)26(17)22(29)13-6-7-15(23)16(24)8-13/h6-10,28H,5H2,1-4H3. The lowest BCUT2D eigenvalue weighted by molar-refractivity contribution is -0.131. The largest absolute Gasteiger partial charge is 0.505 e. The smallest absolute Gasteiger partial charge is 0.308 e. The van der Waals surface area contributed by atoms with Gasteiger partial charge in [0, 0.05) is 18.1 Å². The molecule has 1 unspecified atom stereocenters. The fraction of sp³-hybridized carbons (Fsp3) is 0.273. The fourth-order valence-electron chi connectivity index (χ4n) is 3.39. The number of benzene rings is 2. The Kier molecular flexibility index (Phi) is 5.85. The minimum absolute atomic E-state index is 0.0233. The van der Waals surface area contributed by atoms with Crippen LogP contribution in [0.1, 0.15) is 54.7 Å². The Morgan fingerprint density at radius 1 is 1.27 bits per heavy atom. The van der Waals surface area contributed by atoms with E-state index in [0.29, 0.717) is 12.0 Å². The van der Waals surface area contributed by atoms with Gasteiger partial charge in [-0.2, -0.15) is 0 Å². The second kappa shape index (κ2) is 8.07. The Balaban J connectivity index is 2.38. The predicted octanol–water partition coefficient (Wildman–Crippen LogP) is 5.71. The molecule has 3 rings (SSSR count). The van der Waals surface area contributed by atoms with Crippen molar-refractivity contribution in [2.45, 2.75) is 40.0 Å². The van der Waals surface area contributed by atoms with Crippen molar-refractivity contribution in [3.63, 3.8) is 0 Å². The molecule has 2 aromatic carbocycles. The van der Waals surface area contributed by atoms with Crippen molar-refractivity contribution in [3.05, 3.63) is 57.7 Å². The Bertz CT molecular complexity index is 1190. The molecule has 3 aromatic rings. The quantitative estimate of drug-likeness (QED) is 0.532. The Hall–Kier alpha value is -2.93. The van der Waals surface area contributed by atoms with Crippen LogP contribution in [0.2, 0.25) is 5.02 Å². The SMILES string of the molecule is CCC(C)c1cc2c(c(F)c1O)c(OC(C)=O)c(C)n2C(=O)c1ccc(Cl)c(F)c1. The molecule has 30 heavy (non-hydrogen) atoms. The van der Waals surface area contributed by atoms with Gasteiger partial charge in [0.05, 0.1) is 21.6 Å². The summed E-state index contributed by atoms with van der Waals surface area (Å²) in [5, 5.41) is 10.1. The lowest BCUT2D eigenvalue weighted by Gasteiger charge is -2.14. The van der Waals surface area contributed by atoms with Gasteiger partial charge in [-0.1, -0.05) is 25.4 Å². The molecule has 1 heterocycles. The molecule has 8 heteroatoms. The summed E-state index contributed by atoms with van der Waals surface area (Å²) in [4.78, 5) is 24.8. The van der Waals surface area contributed by atoms with Crippen molar-refractivity contribution in [2.24, 2.45) is 0 Å². The number of hydrogen-bond donors (Lipinski definition) is 1. The molecule has 1 atom stereocenters. The molecule has 0 spiro atoms. The van der Waals surface area contributed by atoms with E-state index in [1.807, 2.05) is 13.8 Å². The molecule has 1 aromatic heterocycles. The van der Waals surface area contributed by atoms with Crippen molar-refractivity contribution in [1.29, 1.82) is 0 Å². The molecule has 5 nitrogen and oxygen atoms in total. The van der Waals surface area contributed by atoms with Crippen molar-refractivity contribution < 1.29 is 28.2 Å². The maximum absolute atomic E-state index is 15.2. The van der Waals surface area contributed by atoms with Crippen molar-refractivity contribution in [3.8, 4) is 11.5 Å². The zero-order valence-corrected chi connectivity index (χ0v) is 17.6. The summed E-state index contributed by atoms with van der Waals surface area (Å²) >= 11 is 5.70. The van der Waals surface area contributed by atoms with Gasteiger partial charge in [-0.3, -0.25) is 14.2 Å². The van der Waals surface area contributed by atoms with E-state index in [2.05, 4.69) is 0 Å². The van der Waals surface area contributed by atoms with Crippen LogP contribution in [0.3, 0.4) is 0 Å². The highest BCUT2D eigenvalue weighted by Crippen LogP contribution is 2.42. The summed E-state index contributed by atoms with van der Waals surface area (Å²) in [7, 11) is 0. The average molecular weight is 436 g/mol. The number of aromatic hydroxyl groups is 1. The van der Waals surface area contributed by atoms with E-state index in [1.165, 1.54) is 25.1 Å². The first-order valence-corrected chi connectivity index (χ1v) is 9.70. The predicted molar refractivity (Wildman–Crippen MR) is 109 cm³/mol. The van der Waals surface area contributed by atoms with Gasteiger partial charge in [0.2, 0.25) is 0 Å². The van der Waals surface area contributed by atoms with Crippen LogP contribution < -0.4 is 4.74 Å². The van der Waals surface area contributed by atoms with Crippen LogP contribution in [-0.2, 0) is 4.79 Å². The van der Waals surface area contributed by atoms with E-state index in [0.717, 1.165) is 17.6 Å². The zero-order chi connectivity index (χ0) is 22.3. The number of halogens is 3. The molecule has 0 saturated heterocycles. The summed E-state index contributed by atoms with van der Waals surface area (Å²) in [5.74, 6) is -4.08. The van der Waals surface area contributed by atoms with E-state index < -0.39 is 29.3 Å². The molecular weight excluding hydrogens is 416 g/mol. The van der Waals surface area contributed by atoms with Gasteiger partial charge in [-0.15, -0.1) is 0 Å². The van der Waals surface area contributed by atoms with E-state index in [4.69, 9.17) is 16.3 Å². The molecule has 0 saturated carbocycles. The number of fused-ring (bicyclic) bond motifs is 1. The zero-order valence-electron chi connectivity index (χ0n) is 16.8. The fourth-order valence-corrected chi connectivity index (χ4v) is 3.50. The number of nitrogens with zero attached hydrogens (tertiary/aromatic N) is 1. The molecule has 0 aliphatic heterocycles. The summed E-state index contributed by atoms with van der Waals surface area (Å²) in [6, 6.07) is 5.06. The van der Waals surface area contributed by atoms with E-state index in [1.54, 1.807) is 0 Å². The Labute approximate surface area is 176 Å². The third-order valence-electron chi connectivity index (χ3n) is 5.14. The summed E-state index contributed by atoms with van der Waals surface area (Å²) in [6.07, 6.45) is 0.616. The van der Waals surface area contributed by atoms with Gasteiger partial charge in [0.15, 0.2) is 17.3 Å². The monoisotopic (exact) mass is 435 g/mol. The number of rotatable bonds is 4. The van der Waals surface area contributed by atoms with Crippen LogP contribution >= 0.6 is 11.6 Å². The molecule has 0 aliphatic rings. The lowest BCUT2D eigenvalue weighted by atomic mass is 9.96. The number of aromatic nitrogens is 1. The first kappa shape index (κ1) is 21.8. The van der Waals surface area contributed by atoms with E-state index in [-0.39, 0.29) is 38.9 Å². The van der Waals surface area contributed by atoms with Gasteiger partial charge >= 0.3 is 5.97 Å². The van der Waals surface area contributed by atoms with Crippen LogP contribution in [0.25, 0.3) is 10.9 Å². The second-order valence-corrected chi connectivity index (χ2v) is 7.52. The van der Waals surface area contributed by atoms with E-state index >= 15 is 4.39 Å². The second-order valence-electron chi connectivity index (χ2n) is 7.11. The number of ether oxygens (including phenoxy) is 1. The molecule has 158 valence electrons. The molecule has 0 fully saturated rings. The van der Waals surface area contributed by atoms with Gasteiger partial charge in [0.1, 0.15) is 5.82 Å². The van der Waals surface area contributed by atoms with Gasteiger partial charge in [-0.25, -0.2) is 8.78 Å². The van der Waals surface area contributed by atoms with Crippen LogP contribution in [0, 0.1) is 18.6 Å². The first-order chi connectivity index (χ1) is 14.1. The molecule has 0 radical (unpaired) electrons. The average Bonchev–Trinajstić information content (AvgIpc) is 2.96. The van der Waals surface area contributed by atoms with Crippen molar-refractivity contribution in [1.82, 2.24) is 4.57 Å². The van der Waals surface area contributed by atoms with Crippen LogP contribution in [0.15, 0.2) is 24.3 Å². The highest BCUT2D eigenvalue weighted by atomic mass is 35.5. The number of phenols is 1. The van der Waals surface area contributed by atoms with Crippen LogP contribution in [-0.4, -0.2) is 21.6 Å². The number of hydrogen-bond acceptors (Lipinski definition) is 4. The Morgan fingerprint density at radius 2 is 1.93 bits per heavy atom. The number of phenolic OH excluding ortho intramolecular Hbond substituents is 1. The Morgan fingerprint density at radius 3 is 2.50 bits per heavy atom. The molecule has 0 bridgehead atoms. The van der Waals surface area contributed by atoms with Gasteiger partial charge < -0.3 is 9.84 Å². The minimum Gasteiger partial charge on any atom is -0.505 e. The van der Waals surface area contributed by atoms with Gasteiger partial charge in [0.25, 0.3) is 5.91 Å². The maximum Gasteiger partial charge on any atom is 0.308 e. The number of carbonyl (C=O) groups is 2. The highest BCUT2D eigenvalue weighted by molar-refractivity contribution is 6.30. The summed E-state index contributed by atoms with van der Waals surface area (Å²) < 4.78 is 35.4. The number of esters is 1. The normalized spacial score (nSPS) is 12.2. The topological polar surface area (TPSA) is 68.5 Å². The molecule has 0 amide bonds. The molecular formula is C22H20ClF2NO4. The van der Waals surface area contributed by atoms with Crippen LogP contribution in [0.4, 0.5) is 8.78 Å². The van der Waals surface area contributed by atoms with Gasteiger partial charge in [-0.05, 0) is 43.5 Å². The van der Waals surface area contributed by atoms with Crippen molar-refractivity contribution >= 4 is 34.4 Å². The maximum atomic E-state index is 15.2. The third-order valence-corrected chi connectivity index (χ3v) is 5.45. The van der Waals surface area contributed by atoms with E-state index in [9.17, 15) is 19.1 Å². The lowest BCUT2D eigenvalue weighted by Crippen LogP contribution is -2.14. The highest BCUT2D eigenvalue weighted by Gasteiger charge is 2.28. The number of carbonyl (C=O) groups excluding carboxylic acids is 2. The molecule has 1 N–H and O–H groups in total. The van der Waals surface area contributed by atoms with Crippen molar-refractivity contribution in [2.75, 3.05) is 0 Å². The first-order valence-electron chi connectivity index (χ1n) is 9.32. The molecule has 0 aliphatic carbocycles.